The predicted molar refractivity (Wildman–Crippen MR) is 118 cm³/mol. The number of carbonyl (C=O) groups is 2. The summed E-state index contributed by atoms with van der Waals surface area (Å²) in [5.74, 6) is 0.177. The Morgan fingerprint density at radius 3 is 2.47 bits per heavy atom. The summed E-state index contributed by atoms with van der Waals surface area (Å²) < 4.78 is 0. The van der Waals surface area contributed by atoms with E-state index >= 15 is 0 Å². The Labute approximate surface area is 183 Å². The van der Waals surface area contributed by atoms with Gasteiger partial charge in [-0.25, -0.2) is 0 Å². The van der Waals surface area contributed by atoms with E-state index in [9.17, 15) is 9.59 Å². The number of rotatable bonds is 6. The molecular formula is C24H28ClN3O2. The van der Waals surface area contributed by atoms with Crippen LogP contribution >= 0.6 is 11.6 Å². The Morgan fingerprint density at radius 2 is 1.77 bits per heavy atom. The smallest absolute Gasteiger partial charge is 0.251 e. The summed E-state index contributed by atoms with van der Waals surface area (Å²) in [6, 6.07) is 15.8. The molecule has 0 aliphatic carbocycles. The third kappa shape index (κ3) is 5.41. The minimum Gasteiger partial charge on any atom is -0.349 e. The molecule has 0 saturated carbocycles. The van der Waals surface area contributed by atoms with Gasteiger partial charge in [0.15, 0.2) is 0 Å². The van der Waals surface area contributed by atoms with Gasteiger partial charge in [-0.15, -0.1) is 0 Å². The molecule has 2 aromatic carbocycles. The summed E-state index contributed by atoms with van der Waals surface area (Å²) in [5.41, 5.74) is 2.94. The molecule has 0 atom stereocenters. The lowest BCUT2D eigenvalue weighted by molar-refractivity contribution is -0.128. The van der Waals surface area contributed by atoms with Gasteiger partial charge < -0.3 is 10.2 Å². The largest absolute Gasteiger partial charge is 0.349 e. The van der Waals surface area contributed by atoms with Crippen LogP contribution in [0.1, 0.15) is 47.2 Å². The lowest BCUT2D eigenvalue weighted by atomic mass is 10.0. The SMILES string of the molecule is O=C(NC1CCN(Cc2ccc(Cl)cc2)CC1)c1cccc(CN2CCCC2=O)c1. The van der Waals surface area contributed by atoms with E-state index < -0.39 is 0 Å². The van der Waals surface area contributed by atoms with Gasteiger partial charge in [-0.1, -0.05) is 35.9 Å². The fourth-order valence-corrected chi connectivity index (χ4v) is 4.38. The second-order valence-electron chi connectivity index (χ2n) is 8.27. The molecule has 4 rings (SSSR count). The Morgan fingerprint density at radius 1 is 1.00 bits per heavy atom. The number of amides is 2. The average Bonchev–Trinajstić information content (AvgIpc) is 3.16. The highest BCUT2D eigenvalue weighted by molar-refractivity contribution is 6.30. The third-order valence-electron chi connectivity index (χ3n) is 5.98. The lowest BCUT2D eigenvalue weighted by Gasteiger charge is -2.32. The zero-order valence-electron chi connectivity index (χ0n) is 17.1. The monoisotopic (exact) mass is 425 g/mol. The van der Waals surface area contributed by atoms with Crippen molar-refractivity contribution in [2.75, 3.05) is 19.6 Å². The highest BCUT2D eigenvalue weighted by Gasteiger charge is 2.22. The molecule has 2 fully saturated rings. The van der Waals surface area contributed by atoms with Gasteiger partial charge in [-0.05, 0) is 54.7 Å². The molecule has 0 spiro atoms. The van der Waals surface area contributed by atoms with E-state index in [4.69, 9.17) is 11.6 Å². The van der Waals surface area contributed by atoms with Crippen LogP contribution in [-0.2, 0) is 17.9 Å². The number of hydrogen-bond donors (Lipinski definition) is 1. The summed E-state index contributed by atoms with van der Waals surface area (Å²) in [4.78, 5) is 28.9. The first-order valence-corrected chi connectivity index (χ1v) is 11.1. The normalized spacial score (nSPS) is 18.0. The molecule has 158 valence electrons. The van der Waals surface area contributed by atoms with Crippen LogP contribution < -0.4 is 5.32 Å². The minimum absolute atomic E-state index is 0.0271. The molecule has 2 amide bonds. The lowest BCUT2D eigenvalue weighted by Crippen LogP contribution is -2.44. The predicted octanol–water partition coefficient (Wildman–Crippen LogP) is 3.86. The fourth-order valence-electron chi connectivity index (χ4n) is 4.25. The van der Waals surface area contributed by atoms with Crippen molar-refractivity contribution in [3.05, 3.63) is 70.2 Å². The van der Waals surface area contributed by atoms with Crippen molar-refractivity contribution >= 4 is 23.4 Å². The number of likely N-dealkylation sites (tertiary alicyclic amines) is 2. The van der Waals surface area contributed by atoms with Crippen molar-refractivity contribution < 1.29 is 9.59 Å². The van der Waals surface area contributed by atoms with E-state index in [0.717, 1.165) is 56.0 Å². The van der Waals surface area contributed by atoms with Gasteiger partial charge >= 0.3 is 0 Å². The minimum atomic E-state index is -0.0271. The number of halogens is 1. The summed E-state index contributed by atoms with van der Waals surface area (Å²) in [6.07, 6.45) is 3.45. The number of carbonyl (C=O) groups excluding carboxylic acids is 2. The maximum absolute atomic E-state index is 12.8. The van der Waals surface area contributed by atoms with Gasteiger partial charge in [-0.2, -0.15) is 0 Å². The maximum atomic E-state index is 12.8. The van der Waals surface area contributed by atoms with Crippen LogP contribution in [0.25, 0.3) is 0 Å². The van der Waals surface area contributed by atoms with Crippen LogP contribution in [0.3, 0.4) is 0 Å². The van der Waals surface area contributed by atoms with Gasteiger partial charge in [0.1, 0.15) is 0 Å². The van der Waals surface area contributed by atoms with E-state index in [-0.39, 0.29) is 17.9 Å². The molecule has 2 saturated heterocycles. The van der Waals surface area contributed by atoms with Gasteiger partial charge in [0.2, 0.25) is 5.91 Å². The molecule has 6 heteroatoms. The number of benzene rings is 2. The number of nitrogens with one attached hydrogen (secondary N) is 1. The zero-order valence-corrected chi connectivity index (χ0v) is 17.9. The standard InChI is InChI=1S/C24H28ClN3O2/c25-21-8-6-18(7-9-21)16-27-13-10-22(11-14-27)26-24(30)20-4-1-3-19(15-20)17-28-12-2-5-23(28)29/h1,3-4,6-9,15,22H,2,5,10-14,16-17H2,(H,26,30). The molecule has 2 aromatic rings. The number of nitrogens with zero attached hydrogens (tertiary/aromatic N) is 2. The highest BCUT2D eigenvalue weighted by Crippen LogP contribution is 2.18. The number of piperidine rings is 1. The van der Waals surface area contributed by atoms with Crippen LogP contribution in [0.4, 0.5) is 0 Å². The molecule has 2 aliphatic heterocycles. The average molecular weight is 426 g/mol. The molecule has 2 heterocycles. The molecular weight excluding hydrogens is 398 g/mol. The number of hydrogen-bond acceptors (Lipinski definition) is 3. The second-order valence-corrected chi connectivity index (χ2v) is 8.71. The first kappa shape index (κ1) is 20.9. The Bertz CT molecular complexity index is 892. The van der Waals surface area contributed by atoms with Gasteiger partial charge in [0, 0.05) is 55.8 Å². The molecule has 0 bridgehead atoms. The summed E-state index contributed by atoms with van der Waals surface area (Å²) in [5, 5.41) is 3.95. The van der Waals surface area contributed by atoms with Gasteiger partial charge in [-0.3, -0.25) is 14.5 Å². The second kappa shape index (κ2) is 9.63. The topological polar surface area (TPSA) is 52.7 Å². The molecule has 0 unspecified atom stereocenters. The molecule has 2 aliphatic rings. The van der Waals surface area contributed by atoms with Gasteiger partial charge in [0.25, 0.3) is 5.91 Å². The van der Waals surface area contributed by atoms with Gasteiger partial charge in [0.05, 0.1) is 0 Å². The first-order valence-electron chi connectivity index (χ1n) is 10.7. The summed E-state index contributed by atoms with van der Waals surface area (Å²) >= 11 is 5.96. The van der Waals surface area contributed by atoms with E-state index in [2.05, 4.69) is 22.3 Å². The highest BCUT2D eigenvalue weighted by atomic mass is 35.5. The Balaban J connectivity index is 1.27. The van der Waals surface area contributed by atoms with Crippen molar-refractivity contribution in [3.8, 4) is 0 Å². The third-order valence-corrected chi connectivity index (χ3v) is 6.23. The summed E-state index contributed by atoms with van der Waals surface area (Å²) in [7, 11) is 0. The maximum Gasteiger partial charge on any atom is 0.251 e. The molecule has 1 N–H and O–H groups in total. The van der Waals surface area contributed by atoms with Crippen molar-refractivity contribution in [1.82, 2.24) is 15.1 Å². The van der Waals surface area contributed by atoms with E-state index in [0.29, 0.717) is 18.5 Å². The molecule has 0 aromatic heterocycles. The van der Waals surface area contributed by atoms with Crippen LogP contribution in [0.5, 0.6) is 0 Å². The summed E-state index contributed by atoms with van der Waals surface area (Å²) in [6.45, 7) is 4.23. The van der Waals surface area contributed by atoms with Crippen molar-refractivity contribution in [2.45, 2.75) is 44.8 Å². The molecule has 30 heavy (non-hydrogen) atoms. The fraction of sp³-hybridized carbons (Fsp3) is 0.417. The first-order chi connectivity index (χ1) is 14.6. The van der Waals surface area contributed by atoms with E-state index in [1.165, 1.54) is 5.56 Å². The van der Waals surface area contributed by atoms with Crippen LogP contribution in [0.15, 0.2) is 48.5 Å². The van der Waals surface area contributed by atoms with Crippen molar-refractivity contribution in [1.29, 1.82) is 0 Å². The Kier molecular flexibility index (Phi) is 6.70. The van der Waals surface area contributed by atoms with E-state index in [1.807, 2.05) is 41.3 Å². The van der Waals surface area contributed by atoms with Crippen LogP contribution in [0.2, 0.25) is 5.02 Å². The quantitative estimate of drug-likeness (QED) is 0.764. The molecule has 5 nitrogen and oxygen atoms in total. The van der Waals surface area contributed by atoms with Crippen LogP contribution in [0, 0.1) is 0 Å². The van der Waals surface area contributed by atoms with E-state index in [1.54, 1.807) is 0 Å². The Hall–Kier alpha value is -2.37. The van der Waals surface area contributed by atoms with Crippen LogP contribution in [-0.4, -0.2) is 47.3 Å². The molecule has 0 radical (unpaired) electrons. The van der Waals surface area contributed by atoms with Crippen molar-refractivity contribution in [3.63, 3.8) is 0 Å². The zero-order chi connectivity index (χ0) is 20.9. The van der Waals surface area contributed by atoms with Crippen molar-refractivity contribution in [2.24, 2.45) is 0 Å².